The number of nitrogens with zero attached hydrogens (tertiary/aromatic N) is 1. The van der Waals surface area contributed by atoms with Crippen molar-refractivity contribution in [1.82, 2.24) is 14.9 Å². The molecule has 0 radical (unpaired) electrons. The number of likely N-dealkylation sites (N-methyl/N-ethyl adjacent to an activating group) is 1. The highest BCUT2D eigenvalue weighted by Crippen LogP contribution is 2.18. The monoisotopic (exact) mass is 363 g/mol. The summed E-state index contributed by atoms with van der Waals surface area (Å²) in [6.45, 7) is 2.59. The first-order valence-electron chi connectivity index (χ1n) is 7.16. The molecule has 7 nitrogen and oxygen atoms in total. The van der Waals surface area contributed by atoms with Gasteiger partial charge in [0.2, 0.25) is 10.0 Å². The lowest BCUT2D eigenvalue weighted by molar-refractivity contribution is 0.0730. The average Bonchev–Trinajstić information content (AvgIpc) is 2.56. The average molecular weight is 364 g/mol. The van der Waals surface area contributed by atoms with Crippen LogP contribution in [0.15, 0.2) is 29.2 Å². The SMILES string of the molecule is CNCCNC(=O)c1cccc(S(=O)(=O)N2CCOCC2)c1.Cl. The zero-order valence-corrected chi connectivity index (χ0v) is 14.6. The van der Waals surface area contributed by atoms with Gasteiger partial charge in [0, 0.05) is 31.7 Å². The molecular weight excluding hydrogens is 342 g/mol. The summed E-state index contributed by atoms with van der Waals surface area (Å²) < 4.78 is 31.7. The molecule has 1 fully saturated rings. The lowest BCUT2D eigenvalue weighted by Crippen LogP contribution is -2.40. The molecule has 0 atom stereocenters. The quantitative estimate of drug-likeness (QED) is 0.699. The van der Waals surface area contributed by atoms with Crippen molar-refractivity contribution in [1.29, 1.82) is 0 Å². The van der Waals surface area contributed by atoms with Gasteiger partial charge in [-0.25, -0.2) is 8.42 Å². The first-order valence-corrected chi connectivity index (χ1v) is 8.60. The van der Waals surface area contributed by atoms with E-state index in [1.807, 2.05) is 0 Å². The van der Waals surface area contributed by atoms with Gasteiger partial charge in [-0.05, 0) is 25.2 Å². The van der Waals surface area contributed by atoms with Crippen LogP contribution in [0.1, 0.15) is 10.4 Å². The minimum atomic E-state index is -3.58. The van der Waals surface area contributed by atoms with Crippen LogP contribution < -0.4 is 10.6 Å². The lowest BCUT2D eigenvalue weighted by Gasteiger charge is -2.26. The van der Waals surface area contributed by atoms with Gasteiger partial charge in [-0.2, -0.15) is 4.31 Å². The number of nitrogens with one attached hydrogen (secondary N) is 2. The molecule has 130 valence electrons. The third-order valence-corrected chi connectivity index (χ3v) is 5.26. The van der Waals surface area contributed by atoms with E-state index < -0.39 is 10.0 Å². The van der Waals surface area contributed by atoms with E-state index in [9.17, 15) is 13.2 Å². The maximum absolute atomic E-state index is 12.6. The number of hydrogen-bond donors (Lipinski definition) is 2. The lowest BCUT2D eigenvalue weighted by atomic mass is 10.2. The molecule has 2 rings (SSSR count). The molecule has 1 aromatic rings. The van der Waals surface area contributed by atoms with Crippen LogP contribution in [0.25, 0.3) is 0 Å². The van der Waals surface area contributed by atoms with Gasteiger partial charge in [0.25, 0.3) is 5.91 Å². The van der Waals surface area contributed by atoms with Gasteiger partial charge in [0.1, 0.15) is 0 Å². The van der Waals surface area contributed by atoms with E-state index in [4.69, 9.17) is 4.74 Å². The standard InChI is InChI=1S/C14H21N3O4S.ClH/c1-15-5-6-16-14(18)12-3-2-4-13(11-12)22(19,20)17-7-9-21-10-8-17;/h2-4,11,15H,5-10H2,1H3,(H,16,18);1H. The van der Waals surface area contributed by atoms with Crippen LogP contribution in [0, 0.1) is 0 Å². The summed E-state index contributed by atoms with van der Waals surface area (Å²) >= 11 is 0. The van der Waals surface area contributed by atoms with Crippen LogP contribution >= 0.6 is 12.4 Å². The normalized spacial score (nSPS) is 15.7. The number of benzene rings is 1. The maximum atomic E-state index is 12.6. The van der Waals surface area contributed by atoms with E-state index in [0.717, 1.165) is 0 Å². The van der Waals surface area contributed by atoms with Crippen LogP contribution in [-0.4, -0.2) is 65.1 Å². The molecule has 23 heavy (non-hydrogen) atoms. The number of halogens is 1. The Morgan fingerprint density at radius 3 is 2.61 bits per heavy atom. The molecule has 1 aromatic carbocycles. The Bertz CT molecular complexity index is 618. The first kappa shape index (κ1) is 19.9. The van der Waals surface area contributed by atoms with Crippen molar-refractivity contribution in [3.63, 3.8) is 0 Å². The van der Waals surface area contributed by atoms with Crippen molar-refractivity contribution in [2.24, 2.45) is 0 Å². The van der Waals surface area contributed by atoms with Crippen molar-refractivity contribution in [2.45, 2.75) is 4.90 Å². The van der Waals surface area contributed by atoms with E-state index in [0.29, 0.717) is 45.0 Å². The number of morpholine rings is 1. The summed E-state index contributed by atoms with van der Waals surface area (Å²) in [6.07, 6.45) is 0. The zero-order chi connectivity index (χ0) is 16.0. The fourth-order valence-corrected chi connectivity index (χ4v) is 3.59. The topological polar surface area (TPSA) is 87.7 Å². The number of rotatable bonds is 6. The number of carbonyl (C=O) groups is 1. The van der Waals surface area contributed by atoms with Crippen LogP contribution in [0.5, 0.6) is 0 Å². The van der Waals surface area contributed by atoms with Gasteiger partial charge in [-0.15, -0.1) is 12.4 Å². The van der Waals surface area contributed by atoms with Crippen molar-refractivity contribution >= 4 is 28.3 Å². The maximum Gasteiger partial charge on any atom is 0.251 e. The predicted octanol–water partition coefficient (Wildman–Crippen LogP) is 0.0785. The molecule has 0 unspecified atom stereocenters. The summed E-state index contributed by atoms with van der Waals surface area (Å²) in [5.74, 6) is -0.283. The minimum Gasteiger partial charge on any atom is -0.379 e. The molecule has 0 saturated carbocycles. The molecule has 9 heteroatoms. The van der Waals surface area contributed by atoms with E-state index in [1.54, 1.807) is 19.2 Å². The van der Waals surface area contributed by atoms with Crippen molar-refractivity contribution in [3.05, 3.63) is 29.8 Å². The zero-order valence-electron chi connectivity index (χ0n) is 12.9. The summed E-state index contributed by atoms with van der Waals surface area (Å²) in [5, 5.41) is 5.65. The highest BCUT2D eigenvalue weighted by molar-refractivity contribution is 7.89. The van der Waals surface area contributed by atoms with E-state index in [2.05, 4.69) is 10.6 Å². The second kappa shape index (κ2) is 9.19. The Balaban J connectivity index is 0.00000264. The smallest absolute Gasteiger partial charge is 0.251 e. The molecule has 1 saturated heterocycles. The Morgan fingerprint density at radius 2 is 1.96 bits per heavy atom. The molecule has 0 spiro atoms. The predicted molar refractivity (Wildman–Crippen MR) is 89.5 cm³/mol. The van der Waals surface area contributed by atoms with Crippen LogP contribution in [0.4, 0.5) is 0 Å². The van der Waals surface area contributed by atoms with Gasteiger partial charge in [-0.3, -0.25) is 4.79 Å². The van der Waals surface area contributed by atoms with Gasteiger partial charge < -0.3 is 15.4 Å². The largest absolute Gasteiger partial charge is 0.379 e. The van der Waals surface area contributed by atoms with Crippen LogP contribution in [0.3, 0.4) is 0 Å². The highest BCUT2D eigenvalue weighted by atomic mass is 35.5. The molecule has 1 heterocycles. The number of amides is 1. The minimum absolute atomic E-state index is 0. The van der Waals surface area contributed by atoms with Crippen molar-refractivity contribution < 1.29 is 17.9 Å². The van der Waals surface area contributed by atoms with Crippen LogP contribution in [0.2, 0.25) is 0 Å². The molecule has 1 aliphatic rings. The molecule has 2 N–H and O–H groups in total. The Kier molecular flexibility index (Phi) is 7.93. The Hall–Kier alpha value is -1.19. The third-order valence-electron chi connectivity index (χ3n) is 3.36. The second-order valence-corrected chi connectivity index (χ2v) is 6.84. The van der Waals surface area contributed by atoms with Gasteiger partial charge in [-0.1, -0.05) is 6.07 Å². The molecular formula is C14H22ClN3O4S. The molecule has 0 aromatic heterocycles. The molecule has 0 aliphatic carbocycles. The summed E-state index contributed by atoms with van der Waals surface area (Å²) in [4.78, 5) is 12.1. The fourth-order valence-electron chi connectivity index (χ4n) is 2.14. The van der Waals surface area contributed by atoms with E-state index in [-0.39, 0.29) is 23.2 Å². The van der Waals surface area contributed by atoms with Crippen molar-refractivity contribution in [3.8, 4) is 0 Å². The summed E-state index contributed by atoms with van der Waals surface area (Å²) in [5.41, 5.74) is 0.338. The first-order chi connectivity index (χ1) is 10.6. The van der Waals surface area contributed by atoms with E-state index >= 15 is 0 Å². The van der Waals surface area contributed by atoms with Gasteiger partial charge in [0.15, 0.2) is 0 Å². The second-order valence-electron chi connectivity index (χ2n) is 4.90. The highest BCUT2D eigenvalue weighted by Gasteiger charge is 2.26. The van der Waals surface area contributed by atoms with Crippen molar-refractivity contribution in [2.75, 3.05) is 46.4 Å². The third kappa shape index (κ3) is 5.15. The van der Waals surface area contributed by atoms with Crippen LogP contribution in [-0.2, 0) is 14.8 Å². The van der Waals surface area contributed by atoms with Gasteiger partial charge >= 0.3 is 0 Å². The molecule has 1 aliphatic heterocycles. The molecule has 1 amide bonds. The summed E-state index contributed by atoms with van der Waals surface area (Å²) in [7, 11) is -1.79. The van der Waals surface area contributed by atoms with Gasteiger partial charge in [0.05, 0.1) is 18.1 Å². The molecule has 0 bridgehead atoms. The fraction of sp³-hybridized carbons (Fsp3) is 0.500. The number of ether oxygens (including phenoxy) is 1. The summed E-state index contributed by atoms with van der Waals surface area (Å²) in [6, 6.07) is 6.11. The number of carbonyl (C=O) groups excluding carboxylic acids is 1. The number of hydrogen-bond acceptors (Lipinski definition) is 5. The van der Waals surface area contributed by atoms with E-state index in [1.165, 1.54) is 16.4 Å². The Morgan fingerprint density at radius 1 is 1.26 bits per heavy atom. The number of sulfonamides is 1. The Labute approximate surface area is 142 Å².